The van der Waals surface area contributed by atoms with E-state index in [1.54, 1.807) is 6.07 Å². The third-order valence-electron chi connectivity index (χ3n) is 3.30. The van der Waals surface area contributed by atoms with E-state index >= 15 is 0 Å². The summed E-state index contributed by atoms with van der Waals surface area (Å²) >= 11 is 0. The van der Waals surface area contributed by atoms with E-state index in [1.165, 1.54) is 6.92 Å². The van der Waals surface area contributed by atoms with Crippen LogP contribution in [-0.4, -0.2) is 25.0 Å². The van der Waals surface area contributed by atoms with E-state index in [-0.39, 0.29) is 11.8 Å². The average Bonchev–Trinajstić information content (AvgIpc) is 2.55. The van der Waals surface area contributed by atoms with E-state index in [4.69, 9.17) is 10.5 Å². The summed E-state index contributed by atoms with van der Waals surface area (Å²) in [6, 6.07) is 11.1. The summed E-state index contributed by atoms with van der Waals surface area (Å²) in [5.41, 5.74) is 10.6. The Morgan fingerprint density at radius 3 is 2.65 bits per heavy atom. The van der Waals surface area contributed by atoms with E-state index in [0.29, 0.717) is 24.5 Å². The predicted octanol–water partition coefficient (Wildman–Crippen LogP) is 1.74. The van der Waals surface area contributed by atoms with Crippen molar-refractivity contribution in [2.45, 2.75) is 19.8 Å². The molecule has 0 aliphatic heterocycles. The molecule has 0 aliphatic carbocycles. The predicted molar refractivity (Wildman–Crippen MR) is 89.0 cm³/mol. The highest BCUT2D eigenvalue weighted by atomic mass is 16.5. The summed E-state index contributed by atoms with van der Waals surface area (Å²) < 4.78 is 5.71. The summed E-state index contributed by atoms with van der Waals surface area (Å²) in [6.07, 6.45) is 1.75. The Hall–Kier alpha value is -2.60. The van der Waals surface area contributed by atoms with Crippen molar-refractivity contribution in [1.29, 1.82) is 0 Å². The van der Waals surface area contributed by atoms with Gasteiger partial charge in [0.1, 0.15) is 5.75 Å². The number of hydrogen-bond acceptors (Lipinski definition) is 4. The van der Waals surface area contributed by atoms with E-state index < -0.39 is 0 Å². The molecular weight excluding hydrogens is 294 g/mol. The van der Waals surface area contributed by atoms with Crippen LogP contribution in [0.2, 0.25) is 0 Å². The summed E-state index contributed by atoms with van der Waals surface area (Å²) in [5.74, 6) is -0.102. The second-order valence-corrected chi connectivity index (χ2v) is 5.17. The first kappa shape index (κ1) is 16.8. The van der Waals surface area contributed by atoms with Gasteiger partial charge in [-0.15, -0.1) is 0 Å². The summed E-state index contributed by atoms with van der Waals surface area (Å²) in [7, 11) is 0. The highest BCUT2D eigenvalue weighted by Crippen LogP contribution is 2.25. The fourth-order valence-electron chi connectivity index (χ4n) is 2.20. The van der Waals surface area contributed by atoms with Gasteiger partial charge < -0.3 is 10.5 Å². The molecule has 0 bridgehead atoms. The molecule has 6 nitrogen and oxygen atoms in total. The topological polar surface area (TPSA) is 93.5 Å². The zero-order valence-corrected chi connectivity index (χ0v) is 13.1. The molecule has 0 unspecified atom stereocenters. The van der Waals surface area contributed by atoms with Crippen LogP contribution in [0.5, 0.6) is 5.75 Å². The zero-order chi connectivity index (χ0) is 16.7. The number of carbonyl (C=O) groups excluding carboxylic acids is 2. The third-order valence-corrected chi connectivity index (χ3v) is 3.30. The van der Waals surface area contributed by atoms with Crippen molar-refractivity contribution in [1.82, 2.24) is 10.9 Å². The average molecular weight is 315 g/mol. The van der Waals surface area contributed by atoms with Gasteiger partial charge in [0.15, 0.2) is 0 Å². The number of carbonyl (C=O) groups is 2. The molecule has 0 spiro atoms. The van der Waals surface area contributed by atoms with Crippen molar-refractivity contribution in [3.8, 4) is 5.75 Å². The lowest BCUT2D eigenvalue weighted by Crippen LogP contribution is -2.40. The Kier molecular flexibility index (Phi) is 5.94. The van der Waals surface area contributed by atoms with Gasteiger partial charge >= 0.3 is 0 Å². The molecule has 0 heterocycles. The Labute approximate surface area is 135 Å². The highest BCUT2D eigenvalue weighted by Gasteiger charge is 2.12. The monoisotopic (exact) mass is 315 g/mol. The molecule has 0 saturated carbocycles. The first-order chi connectivity index (χ1) is 11.1. The van der Waals surface area contributed by atoms with Gasteiger partial charge in [0, 0.05) is 6.92 Å². The maximum Gasteiger partial charge on any atom is 0.270 e. The van der Waals surface area contributed by atoms with Crippen molar-refractivity contribution in [2.75, 3.05) is 13.2 Å². The van der Waals surface area contributed by atoms with Crippen molar-refractivity contribution in [3.05, 3.63) is 42.0 Å². The van der Waals surface area contributed by atoms with E-state index in [9.17, 15) is 9.59 Å². The smallest absolute Gasteiger partial charge is 0.270 e. The molecule has 0 aromatic heterocycles. The van der Waals surface area contributed by atoms with Crippen LogP contribution in [0, 0.1) is 0 Å². The lowest BCUT2D eigenvalue weighted by Gasteiger charge is -2.12. The van der Waals surface area contributed by atoms with Gasteiger partial charge in [0.05, 0.1) is 12.2 Å². The van der Waals surface area contributed by atoms with E-state index in [1.807, 2.05) is 30.3 Å². The quantitative estimate of drug-likeness (QED) is 0.559. The maximum atomic E-state index is 12.3. The van der Waals surface area contributed by atoms with Gasteiger partial charge in [-0.25, -0.2) is 0 Å². The molecule has 0 atom stereocenters. The number of nitrogens with one attached hydrogen (secondary N) is 2. The van der Waals surface area contributed by atoms with Gasteiger partial charge in [-0.1, -0.05) is 24.3 Å². The van der Waals surface area contributed by atoms with Crippen molar-refractivity contribution >= 4 is 22.6 Å². The number of nitrogens with two attached hydrogens (primary N) is 1. The number of benzene rings is 2. The molecule has 23 heavy (non-hydrogen) atoms. The molecular formula is C17H21N3O3. The molecule has 2 aromatic carbocycles. The minimum Gasteiger partial charge on any atom is -0.494 e. The molecule has 2 rings (SSSR count). The van der Waals surface area contributed by atoms with Crippen molar-refractivity contribution in [3.63, 3.8) is 0 Å². The second-order valence-electron chi connectivity index (χ2n) is 5.17. The lowest BCUT2D eigenvalue weighted by atomic mass is 10.0. The van der Waals surface area contributed by atoms with Gasteiger partial charge in [-0.05, 0) is 42.3 Å². The number of hydrazine groups is 1. The zero-order valence-electron chi connectivity index (χ0n) is 13.1. The van der Waals surface area contributed by atoms with Gasteiger partial charge in [0.25, 0.3) is 5.91 Å². The summed E-state index contributed by atoms with van der Waals surface area (Å²) in [5, 5.41) is 1.70. The maximum absolute atomic E-state index is 12.3. The second kappa shape index (κ2) is 8.14. The van der Waals surface area contributed by atoms with Crippen LogP contribution < -0.4 is 21.3 Å². The molecule has 0 radical (unpaired) electrons. The summed E-state index contributed by atoms with van der Waals surface area (Å²) in [4.78, 5) is 23.2. The highest BCUT2D eigenvalue weighted by molar-refractivity contribution is 6.08. The standard InChI is InChI=1S/C17H21N3O3/c1-12(21)19-20-17(22)16-11-14(23-9-5-4-8-18)10-13-6-2-3-7-15(13)16/h2-3,6-7,10-11H,4-5,8-9,18H2,1H3,(H,19,21)(H,20,22). The number of hydrogen-bond donors (Lipinski definition) is 3. The molecule has 122 valence electrons. The molecule has 2 amide bonds. The first-order valence-electron chi connectivity index (χ1n) is 7.54. The van der Waals surface area contributed by atoms with Gasteiger partial charge in [-0.2, -0.15) is 0 Å². The molecule has 2 aromatic rings. The minimum atomic E-state index is -0.385. The SMILES string of the molecule is CC(=O)NNC(=O)c1cc(OCCCCN)cc2ccccc12. The van der Waals surface area contributed by atoms with Crippen LogP contribution in [0.15, 0.2) is 36.4 Å². The van der Waals surface area contributed by atoms with Gasteiger partial charge in [-0.3, -0.25) is 20.4 Å². The fourth-order valence-corrected chi connectivity index (χ4v) is 2.20. The van der Waals surface area contributed by atoms with E-state index in [2.05, 4.69) is 10.9 Å². The third kappa shape index (κ3) is 4.69. The van der Waals surface area contributed by atoms with Crippen LogP contribution >= 0.6 is 0 Å². The Morgan fingerprint density at radius 1 is 1.13 bits per heavy atom. The van der Waals surface area contributed by atoms with Crippen LogP contribution in [0.3, 0.4) is 0 Å². The summed E-state index contributed by atoms with van der Waals surface area (Å²) in [6.45, 7) is 2.50. The lowest BCUT2D eigenvalue weighted by molar-refractivity contribution is -0.119. The molecule has 4 N–H and O–H groups in total. The number of ether oxygens (including phenoxy) is 1. The number of amides is 2. The van der Waals surface area contributed by atoms with E-state index in [0.717, 1.165) is 23.6 Å². The number of fused-ring (bicyclic) bond motifs is 1. The Morgan fingerprint density at radius 2 is 1.91 bits per heavy atom. The Bertz CT molecular complexity index is 701. The van der Waals surface area contributed by atoms with Crippen LogP contribution in [0.1, 0.15) is 30.1 Å². The minimum absolute atomic E-state index is 0.336. The molecule has 0 saturated heterocycles. The normalized spacial score (nSPS) is 10.3. The van der Waals surface area contributed by atoms with Crippen molar-refractivity contribution in [2.24, 2.45) is 5.73 Å². The van der Waals surface area contributed by atoms with Crippen molar-refractivity contribution < 1.29 is 14.3 Å². The van der Waals surface area contributed by atoms with Crippen LogP contribution in [0.25, 0.3) is 10.8 Å². The molecule has 0 aliphatic rings. The Balaban J connectivity index is 2.25. The molecule has 6 heteroatoms. The number of unbranched alkanes of at least 4 members (excludes halogenated alkanes) is 1. The van der Waals surface area contributed by atoms with Crippen LogP contribution in [0.4, 0.5) is 0 Å². The largest absolute Gasteiger partial charge is 0.494 e. The van der Waals surface area contributed by atoms with Gasteiger partial charge in [0.2, 0.25) is 5.91 Å². The van der Waals surface area contributed by atoms with Crippen LogP contribution in [-0.2, 0) is 4.79 Å². The fraction of sp³-hybridized carbons (Fsp3) is 0.294. The molecule has 0 fully saturated rings. The first-order valence-corrected chi connectivity index (χ1v) is 7.54. The number of rotatable bonds is 6.